The van der Waals surface area contributed by atoms with Crippen LogP contribution < -0.4 is 5.73 Å². The van der Waals surface area contributed by atoms with E-state index < -0.39 is 0 Å². The summed E-state index contributed by atoms with van der Waals surface area (Å²) in [7, 11) is 0. The summed E-state index contributed by atoms with van der Waals surface area (Å²) in [6.45, 7) is -0.250. The molecule has 3 N–H and O–H groups in total. The van der Waals surface area contributed by atoms with Crippen LogP contribution in [0.2, 0.25) is 0 Å². The molecule has 0 heterocycles. The average Bonchev–Trinajstić information content (AvgIpc) is 0.918. The van der Waals surface area contributed by atoms with Gasteiger partial charge in [0.25, 0.3) is 0 Å². The van der Waals surface area contributed by atoms with Crippen molar-refractivity contribution in [1.82, 2.24) is 0 Å². The summed E-state index contributed by atoms with van der Waals surface area (Å²) >= 11 is 0. The van der Waals surface area contributed by atoms with Crippen molar-refractivity contribution < 1.29 is 26.8 Å². The van der Waals surface area contributed by atoms with Crippen LogP contribution in [0.3, 0.4) is 0 Å². The van der Waals surface area contributed by atoms with E-state index in [1.165, 1.54) is 0 Å². The molecule has 0 unspecified atom stereocenters. The molecule has 0 saturated heterocycles. The predicted molar refractivity (Wildman–Crippen MR) is 11.3 cm³/mol. The molecular formula is CH5NOTi. The van der Waals surface area contributed by atoms with Crippen molar-refractivity contribution in [2.24, 2.45) is 5.73 Å². The zero-order chi connectivity index (χ0) is 2.71. The average molecular weight is 94.9 g/mol. The topological polar surface area (TPSA) is 46.2 Å². The fourth-order valence-electron chi connectivity index (χ4n) is 0. The number of aliphatic hydroxyl groups is 1. The second-order valence-electron chi connectivity index (χ2n) is 0.183. The first-order valence-electron chi connectivity index (χ1n) is 0.724. The molecule has 24 valence electrons. The van der Waals surface area contributed by atoms with Crippen molar-refractivity contribution >= 4 is 0 Å². The van der Waals surface area contributed by atoms with Gasteiger partial charge >= 0.3 is 0 Å². The fraction of sp³-hybridized carbons (Fsp3) is 1.00. The van der Waals surface area contributed by atoms with Crippen molar-refractivity contribution in [3.63, 3.8) is 0 Å². The maximum absolute atomic E-state index is 7.35. The molecule has 0 atom stereocenters. The second kappa shape index (κ2) is 9.44. The molecular weight excluding hydrogens is 89.9 g/mol. The van der Waals surface area contributed by atoms with E-state index >= 15 is 0 Å². The van der Waals surface area contributed by atoms with Gasteiger partial charge in [-0.05, 0) is 0 Å². The molecule has 0 aliphatic carbocycles. The van der Waals surface area contributed by atoms with Gasteiger partial charge < -0.3 is 10.8 Å². The van der Waals surface area contributed by atoms with Crippen LogP contribution in [0.1, 0.15) is 0 Å². The van der Waals surface area contributed by atoms with Crippen LogP contribution >= 0.6 is 0 Å². The first kappa shape index (κ1) is 8.82. The van der Waals surface area contributed by atoms with Gasteiger partial charge in [0.05, 0.1) is 6.73 Å². The van der Waals surface area contributed by atoms with Gasteiger partial charge in [-0.1, -0.05) is 0 Å². The molecule has 0 aliphatic rings. The normalized spacial score (nSPS) is 4.50. The van der Waals surface area contributed by atoms with Crippen molar-refractivity contribution in [2.45, 2.75) is 0 Å². The van der Waals surface area contributed by atoms with E-state index in [1.54, 1.807) is 0 Å². The standard InChI is InChI=1S/CH5NO.Ti/c2-1-3;/h3H,1-2H2;. The van der Waals surface area contributed by atoms with E-state index in [4.69, 9.17) is 5.11 Å². The number of aliphatic hydroxyl groups excluding tert-OH is 1. The number of rotatable bonds is 0. The smallest absolute Gasteiger partial charge is 0.0906 e. The minimum atomic E-state index is -0.250. The van der Waals surface area contributed by atoms with Gasteiger partial charge in [-0.2, -0.15) is 0 Å². The second-order valence-corrected chi connectivity index (χ2v) is 0.183. The molecule has 0 amide bonds. The first-order chi connectivity index (χ1) is 1.41. The van der Waals surface area contributed by atoms with Crippen LogP contribution in [0.25, 0.3) is 0 Å². The van der Waals surface area contributed by atoms with E-state index in [2.05, 4.69) is 5.73 Å². The number of nitrogens with two attached hydrogens (primary N) is 1. The quantitative estimate of drug-likeness (QED) is 0.296. The Bertz CT molecular complexity index is 8.00. The minimum absolute atomic E-state index is 0. The van der Waals surface area contributed by atoms with Gasteiger partial charge in [0.1, 0.15) is 0 Å². The van der Waals surface area contributed by atoms with Gasteiger partial charge in [-0.25, -0.2) is 0 Å². The molecule has 2 nitrogen and oxygen atoms in total. The summed E-state index contributed by atoms with van der Waals surface area (Å²) in [6, 6.07) is 0. The van der Waals surface area contributed by atoms with E-state index in [0.29, 0.717) is 0 Å². The SMILES string of the molecule is NCO.[Ti]. The Hall–Kier alpha value is 0.634. The van der Waals surface area contributed by atoms with Crippen molar-refractivity contribution in [1.29, 1.82) is 0 Å². The molecule has 0 radical (unpaired) electrons. The van der Waals surface area contributed by atoms with Crippen LogP contribution in [0, 0.1) is 0 Å². The maximum Gasteiger partial charge on any atom is 0.0906 e. The molecule has 0 aromatic rings. The van der Waals surface area contributed by atoms with E-state index in [1.807, 2.05) is 0 Å². The molecule has 0 aliphatic heterocycles. The molecule has 0 aromatic heterocycles. The third-order valence-electron chi connectivity index (χ3n) is 0. The summed E-state index contributed by atoms with van der Waals surface area (Å²) in [5, 5.41) is 7.35. The number of hydrogen-bond donors (Lipinski definition) is 2. The monoisotopic (exact) mass is 95.0 g/mol. The van der Waals surface area contributed by atoms with E-state index in [-0.39, 0.29) is 28.4 Å². The third-order valence-corrected chi connectivity index (χ3v) is 0. The summed E-state index contributed by atoms with van der Waals surface area (Å²) < 4.78 is 0. The van der Waals surface area contributed by atoms with Crippen LogP contribution in [-0.2, 0) is 21.7 Å². The Labute approximate surface area is 39.9 Å². The van der Waals surface area contributed by atoms with Gasteiger partial charge in [-0.3, -0.25) is 0 Å². The van der Waals surface area contributed by atoms with E-state index in [0.717, 1.165) is 0 Å². The molecule has 0 spiro atoms. The Kier molecular flexibility index (Phi) is 20.8. The molecule has 0 aromatic carbocycles. The van der Waals surface area contributed by atoms with Crippen LogP contribution in [-0.4, -0.2) is 11.8 Å². The molecule has 0 bridgehead atoms. The molecule has 0 saturated carbocycles. The summed E-state index contributed by atoms with van der Waals surface area (Å²) in [5.41, 5.74) is 4.40. The third kappa shape index (κ3) is 17.5. The molecule has 4 heavy (non-hydrogen) atoms. The van der Waals surface area contributed by atoms with Gasteiger partial charge in [0, 0.05) is 21.7 Å². The fourth-order valence-corrected chi connectivity index (χ4v) is 0. The summed E-state index contributed by atoms with van der Waals surface area (Å²) in [6.07, 6.45) is 0. The Morgan fingerprint density at radius 2 is 1.75 bits per heavy atom. The van der Waals surface area contributed by atoms with Crippen molar-refractivity contribution in [2.75, 3.05) is 6.73 Å². The molecule has 3 heteroatoms. The zero-order valence-corrected chi connectivity index (χ0v) is 3.79. The van der Waals surface area contributed by atoms with Crippen LogP contribution in [0.15, 0.2) is 0 Å². The molecule has 0 rings (SSSR count). The Balaban J connectivity index is 0. The van der Waals surface area contributed by atoms with Gasteiger partial charge in [0.15, 0.2) is 0 Å². The van der Waals surface area contributed by atoms with Crippen molar-refractivity contribution in [3.8, 4) is 0 Å². The van der Waals surface area contributed by atoms with Crippen molar-refractivity contribution in [3.05, 3.63) is 0 Å². The first-order valence-corrected chi connectivity index (χ1v) is 0.724. The largest absolute Gasteiger partial charge is 0.382 e. The summed E-state index contributed by atoms with van der Waals surface area (Å²) in [5.74, 6) is 0. The zero-order valence-electron chi connectivity index (χ0n) is 2.23. The summed E-state index contributed by atoms with van der Waals surface area (Å²) in [4.78, 5) is 0. The van der Waals surface area contributed by atoms with Crippen LogP contribution in [0.5, 0.6) is 0 Å². The Morgan fingerprint density at radius 3 is 1.75 bits per heavy atom. The Morgan fingerprint density at radius 1 is 1.75 bits per heavy atom. The number of hydrogen-bond acceptors (Lipinski definition) is 2. The van der Waals surface area contributed by atoms with Gasteiger partial charge in [-0.15, -0.1) is 0 Å². The maximum atomic E-state index is 7.35. The van der Waals surface area contributed by atoms with Crippen LogP contribution in [0.4, 0.5) is 0 Å². The van der Waals surface area contributed by atoms with E-state index in [9.17, 15) is 0 Å². The molecule has 0 fully saturated rings. The minimum Gasteiger partial charge on any atom is -0.382 e. The van der Waals surface area contributed by atoms with Gasteiger partial charge in [0.2, 0.25) is 0 Å². The predicted octanol–water partition coefficient (Wildman–Crippen LogP) is -1.11.